The lowest BCUT2D eigenvalue weighted by molar-refractivity contribution is 0.0999. The first kappa shape index (κ1) is 19.9. The lowest BCUT2D eigenvalue weighted by Crippen LogP contribution is -2.19. The molecular weight excluding hydrogens is 374 g/mol. The number of primary amides is 1. The second kappa shape index (κ2) is 8.01. The second-order valence-electron chi connectivity index (χ2n) is 7.28. The van der Waals surface area contributed by atoms with Crippen LogP contribution in [0, 0.1) is 0 Å². The zero-order chi connectivity index (χ0) is 21.0. The molecule has 0 unspecified atom stereocenters. The van der Waals surface area contributed by atoms with Gasteiger partial charge < -0.3 is 20.3 Å². The van der Waals surface area contributed by atoms with Crippen LogP contribution < -0.4 is 21.1 Å². The average Bonchev–Trinajstić information content (AvgIpc) is 3.11. The van der Waals surface area contributed by atoms with Crippen LogP contribution in [0.2, 0.25) is 0 Å². The predicted molar refractivity (Wildman–Crippen MR) is 107 cm³/mol. The summed E-state index contributed by atoms with van der Waals surface area (Å²) >= 11 is 0. The quantitative estimate of drug-likeness (QED) is 0.600. The number of carbonyl (C=O) groups excluding carboxylic acids is 2. The summed E-state index contributed by atoms with van der Waals surface area (Å²) in [4.78, 5) is 27.5. The second-order valence-corrected chi connectivity index (χ2v) is 7.28. The zero-order valence-electron chi connectivity index (χ0n) is 16.2. The van der Waals surface area contributed by atoms with E-state index in [2.05, 4.69) is 20.8 Å². The highest BCUT2D eigenvalue weighted by atomic mass is 16.5. The molecule has 0 spiro atoms. The van der Waals surface area contributed by atoms with Crippen LogP contribution in [0.4, 0.5) is 16.3 Å². The van der Waals surface area contributed by atoms with Crippen molar-refractivity contribution in [1.29, 1.82) is 0 Å². The largest absolute Gasteiger partial charge is 0.439 e. The fraction of sp³-hybridized carbons (Fsp3) is 0.200. The highest BCUT2D eigenvalue weighted by Crippen LogP contribution is 2.25. The summed E-state index contributed by atoms with van der Waals surface area (Å²) in [5.41, 5.74) is 5.82. The van der Waals surface area contributed by atoms with Crippen LogP contribution in [0.5, 0.6) is 11.6 Å². The molecule has 0 saturated heterocycles. The molecule has 3 rings (SSSR count). The standard InChI is InChI=1S/C20H21N5O4/c1-20(2,3)15-11-16(25-29-15)24-19(27)23-13-5-4-6-14(10-13)28-17-9-12(18(21)26)7-8-22-17/h4-11H,1-3H3,(H2,21,26)(H2,23,24,25,27). The van der Waals surface area contributed by atoms with Gasteiger partial charge in [0.2, 0.25) is 11.8 Å². The molecule has 1 aromatic carbocycles. The van der Waals surface area contributed by atoms with Gasteiger partial charge in [-0.2, -0.15) is 0 Å². The maximum atomic E-state index is 12.2. The number of nitrogens with zero attached hydrogens (tertiary/aromatic N) is 2. The molecule has 0 aliphatic carbocycles. The molecule has 29 heavy (non-hydrogen) atoms. The fourth-order valence-electron chi connectivity index (χ4n) is 2.34. The van der Waals surface area contributed by atoms with Gasteiger partial charge in [-0.05, 0) is 18.2 Å². The average molecular weight is 395 g/mol. The number of anilines is 2. The number of urea groups is 1. The third-order valence-electron chi connectivity index (χ3n) is 3.82. The number of nitrogens with two attached hydrogens (primary N) is 1. The molecule has 3 aromatic rings. The lowest BCUT2D eigenvalue weighted by atomic mass is 9.93. The first-order valence-electron chi connectivity index (χ1n) is 8.80. The number of rotatable bonds is 5. The van der Waals surface area contributed by atoms with E-state index in [1.807, 2.05) is 20.8 Å². The van der Waals surface area contributed by atoms with Crippen molar-refractivity contribution in [3.63, 3.8) is 0 Å². The Morgan fingerprint density at radius 3 is 2.59 bits per heavy atom. The Labute approximate surface area is 167 Å². The van der Waals surface area contributed by atoms with Crippen molar-refractivity contribution >= 4 is 23.4 Å². The number of hydrogen-bond donors (Lipinski definition) is 3. The molecule has 0 radical (unpaired) electrons. The minimum absolute atomic E-state index is 0.209. The highest BCUT2D eigenvalue weighted by molar-refractivity contribution is 5.99. The number of carbonyl (C=O) groups is 2. The van der Waals surface area contributed by atoms with Crippen molar-refractivity contribution in [2.75, 3.05) is 10.6 Å². The van der Waals surface area contributed by atoms with E-state index in [0.717, 1.165) is 0 Å². The van der Waals surface area contributed by atoms with Crippen molar-refractivity contribution in [3.8, 4) is 11.6 Å². The van der Waals surface area contributed by atoms with Gasteiger partial charge in [0.25, 0.3) is 0 Å². The number of nitrogens with one attached hydrogen (secondary N) is 2. The Hall–Kier alpha value is -3.88. The molecule has 0 aliphatic heterocycles. The van der Waals surface area contributed by atoms with Crippen LogP contribution in [0.3, 0.4) is 0 Å². The minimum atomic E-state index is -0.577. The predicted octanol–water partition coefficient (Wildman–Crippen LogP) is 3.90. The van der Waals surface area contributed by atoms with Crippen LogP contribution >= 0.6 is 0 Å². The van der Waals surface area contributed by atoms with Gasteiger partial charge >= 0.3 is 6.03 Å². The van der Waals surface area contributed by atoms with Crippen molar-refractivity contribution in [2.45, 2.75) is 26.2 Å². The summed E-state index contributed by atoms with van der Waals surface area (Å²) in [6.07, 6.45) is 1.43. The van der Waals surface area contributed by atoms with E-state index in [9.17, 15) is 9.59 Å². The number of pyridine rings is 1. The van der Waals surface area contributed by atoms with Crippen molar-refractivity contribution in [2.24, 2.45) is 5.73 Å². The molecule has 0 fully saturated rings. The summed E-state index contributed by atoms with van der Waals surface area (Å²) in [5.74, 6) is 1.03. The number of hydrogen-bond acceptors (Lipinski definition) is 6. The number of aromatic nitrogens is 2. The van der Waals surface area contributed by atoms with Crippen molar-refractivity contribution in [1.82, 2.24) is 10.1 Å². The van der Waals surface area contributed by atoms with Gasteiger partial charge in [0.05, 0.1) is 0 Å². The molecule has 2 aromatic heterocycles. The Balaban J connectivity index is 1.65. The van der Waals surface area contributed by atoms with Crippen LogP contribution in [-0.2, 0) is 5.41 Å². The summed E-state index contributed by atoms with van der Waals surface area (Å²) in [6.45, 7) is 5.95. The Morgan fingerprint density at radius 2 is 1.90 bits per heavy atom. The third-order valence-corrected chi connectivity index (χ3v) is 3.82. The first-order chi connectivity index (χ1) is 13.7. The van der Waals surface area contributed by atoms with E-state index >= 15 is 0 Å². The Kier molecular flexibility index (Phi) is 5.49. The maximum Gasteiger partial charge on any atom is 0.324 e. The summed E-state index contributed by atoms with van der Waals surface area (Å²) < 4.78 is 10.9. The number of benzene rings is 1. The molecular formula is C20H21N5O4. The Morgan fingerprint density at radius 1 is 1.10 bits per heavy atom. The first-order valence-corrected chi connectivity index (χ1v) is 8.80. The molecule has 0 atom stereocenters. The van der Waals surface area contributed by atoms with Gasteiger partial charge in [0.15, 0.2) is 5.82 Å². The van der Waals surface area contributed by atoms with E-state index in [4.69, 9.17) is 15.0 Å². The van der Waals surface area contributed by atoms with Crippen LogP contribution in [0.25, 0.3) is 0 Å². The molecule has 0 bridgehead atoms. The van der Waals surface area contributed by atoms with Gasteiger partial charge in [-0.25, -0.2) is 9.78 Å². The SMILES string of the molecule is CC(C)(C)c1cc(NC(=O)Nc2cccc(Oc3cc(C(N)=O)ccn3)c2)no1. The molecule has 9 nitrogen and oxygen atoms in total. The Bertz CT molecular complexity index is 1040. The van der Waals surface area contributed by atoms with Gasteiger partial charge in [-0.1, -0.05) is 32.0 Å². The van der Waals surface area contributed by atoms with E-state index < -0.39 is 11.9 Å². The van der Waals surface area contributed by atoms with Crippen LogP contribution in [-0.4, -0.2) is 22.1 Å². The van der Waals surface area contributed by atoms with E-state index in [-0.39, 0.29) is 16.9 Å². The fourth-order valence-corrected chi connectivity index (χ4v) is 2.34. The lowest BCUT2D eigenvalue weighted by Gasteiger charge is -2.12. The normalized spacial score (nSPS) is 11.0. The van der Waals surface area contributed by atoms with Gasteiger partial charge in [0, 0.05) is 41.1 Å². The topological polar surface area (TPSA) is 132 Å². The van der Waals surface area contributed by atoms with Crippen LogP contribution in [0.15, 0.2) is 53.2 Å². The summed E-state index contributed by atoms with van der Waals surface area (Å²) in [7, 11) is 0. The monoisotopic (exact) mass is 395 g/mol. The van der Waals surface area contributed by atoms with E-state index in [0.29, 0.717) is 23.0 Å². The maximum absolute atomic E-state index is 12.2. The summed E-state index contributed by atoms with van der Waals surface area (Å²) in [6, 6.07) is 10.8. The molecule has 0 saturated carbocycles. The van der Waals surface area contributed by atoms with Gasteiger partial charge in [-0.3, -0.25) is 10.1 Å². The smallest absolute Gasteiger partial charge is 0.324 e. The molecule has 2 heterocycles. The van der Waals surface area contributed by atoms with Crippen LogP contribution in [0.1, 0.15) is 36.9 Å². The van der Waals surface area contributed by atoms with Gasteiger partial charge in [-0.15, -0.1) is 0 Å². The molecule has 3 amide bonds. The van der Waals surface area contributed by atoms with E-state index in [1.165, 1.54) is 18.3 Å². The molecule has 4 N–H and O–H groups in total. The van der Waals surface area contributed by atoms with Crippen molar-refractivity contribution < 1.29 is 18.8 Å². The third kappa shape index (κ3) is 5.32. The molecule has 150 valence electrons. The molecule has 0 aliphatic rings. The highest BCUT2D eigenvalue weighted by Gasteiger charge is 2.20. The molecule has 9 heteroatoms. The summed E-state index contributed by atoms with van der Waals surface area (Å²) in [5, 5.41) is 9.14. The van der Waals surface area contributed by atoms with Gasteiger partial charge in [0.1, 0.15) is 11.5 Å². The van der Waals surface area contributed by atoms with Crippen molar-refractivity contribution in [3.05, 3.63) is 60.0 Å². The minimum Gasteiger partial charge on any atom is -0.439 e. The number of ether oxygens (including phenoxy) is 1. The number of amides is 3. The van der Waals surface area contributed by atoms with E-state index in [1.54, 1.807) is 30.3 Å². The zero-order valence-corrected chi connectivity index (χ0v) is 16.2.